The topological polar surface area (TPSA) is 83.6 Å². The van der Waals surface area contributed by atoms with Gasteiger partial charge in [0.15, 0.2) is 0 Å². The minimum absolute atomic E-state index is 0.0728. The summed E-state index contributed by atoms with van der Waals surface area (Å²) in [4.78, 5) is 49.1. The van der Waals surface area contributed by atoms with Gasteiger partial charge in [0.1, 0.15) is 6.04 Å². The van der Waals surface area contributed by atoms with Gasteiger partial charge in [0, 0.05) is 12.0 Å². The van der Waals surface area contributed by atoms with Crippen molar-refractivity contribution in [1.82, 2.24) is 10.2 Å². The summed E-state index contributed by atoms with van der Waals surface area (Å²) in [6.07, 6.45) is 7.23. The maximum absolute atomic E-state index is 12.6. The van der Waals surface area contributed by atoms with Crippen LogP contribution >= 0.6 is 0 Å². The summed E-state index contributed by atoms with van der Waals surface area (Å²) in [5, 5.41) is 2.18. The van der Waals surface area contributed by atoms with Gasteiger partial charge in [-0.2, -0.15) is 0 Å². The SMILES string of the molecule is CC.C\C=C/C=C1/C(=O)N([C@H]2CCC(=O)NC2=O)C(=O)C/C1=C/C. The maximum Gasteiger partial charge on any atom is 0.261 e. The molecule has 6 heteroatoms. The van der Waals surface area contributed by atoms with Gasteiger partial charge in [0.05, 0.1) is 6.42 Å². The Balaban J connectivity index is 0.00000139. The smallest absolute Gasteiger partial charge is 0.261 e. The molecular weight excluding hydrogens is 308 g/mol. The van der Waals surface area contributed by atoms with E-state index in [1.165, 1.54) is 0 Å². The molecule has 0 bridgehead atoms. The number of imide groups is 2. The number of nitrogens with one attached hydrogen (secondary N) is 1. The van der Waals surface area contributed by atoms with Crippen LogP contribution < -0.4 is 5.32 Å². The van der Waals surface area contributed by atoms with Gasteiger partial charge in [-0.1, -0.05) is 32.1 Å². The van der Waals surface area contributed by atoms with Crippen LogP contribution in [0.5, 0.6) is 0 Å². The van der Waals surface area contributed by atoms with Gasteiger partial charge in [-0.3, -0.25) is 29.4 Å². The molecule has 1 atom stereocenters. The molecule has 0 aromatic carbocycles. The van der Waals surface area contributed by atoms with Gasteiger partial charge >= 0.3 is 0 Å². The standard InChI is InChI=1S/C16H18N2O4.C2H6/c1-3-5-6-11-10(4-2)9-14(20)18(16(11)22)12-7-8-13(19)17-15(12)21;1-2/h3-6,12H,7-9H2,1-2H3,(H,17,19,21);1-2H3/b5-3-,10-4-,11-6+;/t12-;/m0./s1. The predicted molar refractivity (Wildman–Crippen MR) is 90.6 cm³/mol. The molecule has 4 amide bonds. The average Bonchev–Trinajstić information content (AvgIpc) is 2.57. The van der Waals surface area contributed by atoms with Crippen LogP contribution in [0.1, 0.15) is 47.0 Å². The lowest BCUT2D eigenvalue weighted by molar-refractivity contribution is -0.154. The zero-order valence-corrected chi connectivity index (χ0v) is 14.6. The Labute approximate surface area is 142 Å². The molecule has 0 spiro atoms. The van der Waals surface area contributed by atoms with Crippen LogP contribution in [0.25, 0.3) is 0 Å². The Morgan fingerprint density at radius 2 is 1.79 bits per heavy atom. The molecular formula is C18H24N2O4. The molecule has 0 unspecified atom stereocenters. The van der Waals surface area contributed by atoms with Crippen molar-refractivity contribution in [2.45, 2.75) is 53.0 Å². The number of nitrogens with zero attached hydrogens (tertiary/aromatic N) is 1. The third-order valence-electron chi connectivity index (χ3n) is 3.73. The first-order valence-corrected chi connectivity index (χ1v) is 8.18. The van der Waals surface area contributed by atoms with Crippen molar-refractivity contribution in [2.24, 2.45) is 0 Å². The minimum atomic E-state index is -0.912. The van der Waals surface area contributed by atoms with Crippen molar-refractivity contribution >= 4 is 23.6 Å². The summed E-state index contributed by atoms with van der Waals surface area (Å²) in [7, 11) is 0. The van der Waals surface area contributed by atoms with Gasteiger partial charge in [-0.15, -0.1) is 0 Å². The zero-order chi connectivity index (χ0) is 18.3. The van der Waals surface area contributed by atoms with E-state index in [2.05, 4.69) is 5.32 Å². The summed E-state index contributed by atoms with van der Waals surface area (Å²) >= 11 is 0. The van der Waals surface area contributed by atoms with E-state index in [1.54, 1.807) is 31.2 Å². The van der Waals surface area contributed by atoms with Gasteiger partial charge in [-0.05, 0) is 31.9 Å². The fourth-order valence-corrected chi connectivity index (χ4v) is 2.60. The van der Waals surface area contributed by atoms with Gasteiger partial charge in [0.2, 0.25) is 17.7 Å². The number of allylic oxidation sites excluding steroid dienone is 4. The zero-order valence-electron chi connectivity index (χ0n) is 14.6. The molecule has 24 heavy (non-hydrogen) atoms. The van der Waals surface area contributed by atoms with Crippen molar-refractivity contribution in [3.05, 3.63) is 35.5 Å². The maximum atomic E-state index is 12.6. The van der Waals surface area contributed by atoms with Crippen LogP contribution in [0.15, 0.2) is 35.5 Å². The lowest BCUT2D eigenvalue weighted by atomic mass is 9.92. The Bertz CT molecular complexity index is 629. The fraction of sp³-hybridized carbons (Fsp3) is 0.444. The highest BCUT2D eigenvalue weighted by atomic mass is 16.2. The van der Waals surface area contributed by atoms with E-state index in [-0.39, 0.29) is 25.2 Å². The highest BCUT2D eigenvalue weighted by molar-refractivity contribution is 6.15. The molecule has 2 heterocycles. The summed E-state index contributed by atoms with van der Waals surface area (Å²) in [5.41, 5.74) is 1.06. The van der Waals surface area contributed by atoms with E-state index in [4.69, 9.17) is 0 Å². The van der Waals surface area contributed by atoms with Crippen LogP contribution in [0.2, 0.25) is 0 Å². The molecule has 0 aliphatic carbocycles. The molecule has 2 rings (SSSR count). The van der Waals surface area contributed by atoms with Crippen LogP contribution in [0, 0.1) is 0 Å². The Morgan fingerprint density at radius 3 is 2.33 bits per heavy atom. The Morgan fingerprint density at radius 1 is 1.12 bits per heavy atom. The first-order chi connectivity index (χ1) is 11.5. The molecule has 1 N–H and O–H groups in total. The summed E-state index contributed by atoms with van der Waals surface area (Å²) < 4.78 is 0. The number of carbonyl (C=O) groups excluding carboxylic acids is 4. The third-order valence-corrected chi connectivity index (χ3v) is 3.73. The van der Waals surface area contributed by atoms with E-state index in [0.29, 0.717) is 11.1 Å². The van der Waals surface area contributed by atoms with E-state index in [0.717, 1.165) is 4.90 Å². The third kappa shape index (κ3) is 4.07. The predicted octanol–water partition coefficient (Wildman–Crippen LogP) is 2.03. The van der Waals surface area contributed by atoms with E-state index in [9.17, 15) is 19.2 Å². The number of hydrogen-bond donors (Lipinski definition) is 1. The van der Waals surface area contributed by atoms with Crippen molar-refractivity contribution in [2.75, 3.05) is 0 Å². The van der Waals surface area contributed by atoms with E-state index in [1.807, 2.05) is 20.8 Å². The molecule has 0 radical (unpaired) electrons. The lowest BCUT2D eigenvalue weighted by Crippen LogP contribution is -2.58. The molecule has 130 valence electrons. The van der Waals surface area contributed by atoms with Gasteiger partial charge < -0.3 is 0 Å². The first-order valence-electron chi connectivity index (χ1n) is 8.18. The lowest BCUT2D eigenvalue weighted by Gasteiger charge is -2.35. The van der Waals surface area contributed by atoms with Crippen LogP contribution in [0.3, 0.4) is 0 Å². The molecule has 2 saturated heterocycles. The molecule has 0 saturated carbocycles. The molecule has 2 aliphatic rings. The van der Waals surface area contributed by atoms with Crippen molar-refractivity contribution in [3.8, 4) is 0 Å². The monoisotopic (exact) mass is 332 g/mol. The van der Waals surface area contributed by atoms with Crippen molar-refractivity contribution < 1.29 is 19.2 Å². The second kappa shape index (κ2) is 8.96. The number of carbonyl (C=O) groups is 4. The molecule has 2 aliphatic heterocycles. The molecule has 2 fully saturated rings. The first kappa shape index (κ1) is 19.5. The van der Waals surface area contributed by atoms with Crippen molar-refractivity contribution in [3.63, 3.8) is 0 Å². The summed E-state index contributed by atoms with van der Waals surface area (Å²) in [6.45, 7) is 7.59. The summed E-state index contributed by atoms with van der Waals surface area (Å²) in [6, 6.07) is -0.912. The Hall–Kier alpha value is -2.50. The van der Waals surface area contributed by atoms with Crippen LogP contribution in [-0.4, -0.2) is 34.6 Å². The molecule has 6 nitrogen and oxygen atoms in total. The van der Waals surface area contributed by atoms with Gasteiger partial charge in [0.25, 0.3) is 5.91 Å². The van der Waals surface area contributed by atoms with E-state index < -0.39 is 23.8 Å². The molecule has 0 aromatic heterocycles. The quantitative estimate of drug-likeness (QED) is 0.619. The average molecular weight is 332 g/mol. The number of amides is 4. The minimum Gasteiger partial charge on any atom is -0.295 e. The van der Waals surface area contributed by atoms with Gasteiger partial charge in [-0.25, -0.2) is 0 Å². The van der Waals surface area contributed by atoms with E-state index >= 15 is 0 Å². The van der Waals surface area contributed by atoms with Crippen LogP contribution in [-0.2, 0) is 19.2 Å². The Kier molecular flexibility index (Phi) is 7.30. The second-order valence-electron chi connectivity index (χ2n) is 5.13. The highest BCUT2D eigenvalue weighted by Gasteiger charge is 2.42. The highest BCUT2D eigenvalue weighted by Crippen LogP contribution is 2.28. The second-order valence-corrected chi connectivity index (χ2v) is 5.13. The fourth-order valence-electron chi connectivity index (χ4n) is 2.60. The van der Waals surface area contributed by atoms with Crippen LogP contribution in [0.4, 0.5) is 0 Å². The number of rotatable bonds is 2. The number of piperidine rings is 2. The van der Waals surface area contributed by atoms with Crippen molar-refractivity contribution in [1.29, 1.82) is 0 Å². The normalized spacial score (nSPS) is 25.2. The molecule has 0 aromatic rings. The number of likely N-dealkylation sites (tertiary alicyclic amines) is 1. The summed E-state index contributed by atoms with van der Waals surface area (Å²) in [5.74, 6) is -1.87. The largest absolute Gasteiger partial charge is 0.295 e. The number of hydrogen-bond acceptors (Lipinski definition) is 4.